The van der Waals surface area contributed by atoms with E-state index in [4.69, 9.17) is 0 Å². The lowest BCUT2D eigenvalue weighted by Gasteiger charge is -2.35. The first kappa shape index (κ1) is 10.2. The zero-order valence-electron chi connectivity index (χ0n) is 9.23. The molecule has 2 rings (SSSR count). The molecule has 0 N–H and O–H groups in total. The highest BCUT2D eigenvalue weighted by molar-refractivity contribution is 5.91. The average molecular weight is 200 g/mol. The van der Waals surface area contributed by atoms with E-state index in [1.165, 1.54) is 5.56 Å². The molecule has 0 saturated carbocycles. The van der Waals surface area contributed by atoms with Gasteiger partial charge in [0, 0.05) is 11.8 Å². The third kappa shape index (κ3) is 1.74. The molecule has 15 heavy (non-hydrogen) atoms. The first-order valence-corrected chi connectivity index (χ1v) is 5.40. The Morgan fingerprint density at radius 1 is 1.27 bits per heavy atom. The molecule has 0 aliphatic heterocycles. The molecule has 1 nitrogen and oxygen atoms in total. The van der Waals surface area contributed by atoms with Gasteiger partial charge < -0.3 is 0 Å². The van der Waals surface area contributed by atoms with Crippen LogP contribution in [0, 0.1) is 5.92 Å². The average Bonchev–Trinajstić information content (AvgIpc) is 2.25. The maximum Gasteiger partial charge on any atom is 0.155 e. The van der Waals surface area contributed by atoms with Gasteiger partial charge in [-0.2, -0.15) is 0 Å². The third-order valence-electron chi connectivity index (χ3n) is 3.54. The summed E-state index contributed by atoms with van der Waals surface area (Å²) in [7, 11) is 0. The van der Waals surface area contributed by atoms with Crippen LogP contribution in [0.4, 0.5) is 0 Å². The highest BCUT2D eigenvalue weighted by Crippen LogP contribution is 2.38. The number of hydrogen-bond acceptors (Lipinski definition) is 1. The summed E-state index contributed by atoms with van der Waals surface area (Å²) < 4.78 is 0. The van der Waals surface area contributed by atoms with Gasteiger partial charge >= 0.3 is 0 Å². The van der Waals surface area contributed by atoms with Gasteiger partial charge in [-0.1, -0.05) is 50.3 Å². The SMILES string of the molecule is C[C@@H]1CC(=O)C=C[C@@]1(C)c1ccccc1. The van der Waals surface area contributed by atoms with Gasteiger partial charge in [0.05, 0.1) is 0 Å². The Morgan fingerprint density at radius 3 is 2.53 bits per heavy atom. The Labute approximate surface area is 90.8 Å². The summed E-state index contributed by atoms with van der Waals surface area (Å²) in [6.45, 7) is 4.35. The highest BCUT2D eigenvalue weighted by atomic mass is 16.1. The summed E-state index contributed by atoms with van der Waals surface area (Å²) in [5, 5.41) is 0. The van der Waals surface area contributed by atoms with Crippen molar-refractivity contribution in [2.24, 2.45) is 5.92 Å². The molecule has 1 aliphatic rings. The second-order valence-corrected chi connectivity index (χ2v) is 4.55. The third-order valence-corrected chi connectivity index (χ3v) is 3.54. The molecule has 0 bridgehead atoms. The number of carbonyl (C=O) groups is 1. The molecule has 1 heteroatoms. The number of benzene rings is 1. The lowest BCUT2D eigenvalue weighted by molar-refractivity contribution is -0.116. The van der Waals surface area contributed by atoms with Crippen molar-refractivity contribution in [3.05, 3.63) is 48.0 Å². The van der Waals surface area contributed by atoms with Crippen molar-refractivity contribution in [3.63, 3.8) is 0 Å². The molecule has 1 aromatic carbocycles. The fourth-order valence-electron chi connectivity index (χ4n) is 2.19. The van der Waals surface area contributed by atoms with E-state index in [0.29, 0.717) is 12.3 Å². The molecule has 0 amide bonds. The van der Waals surface area contributed by atoms with Crippen LogP contribution in [0.25, 0.3) is 0 Å². The van der Waals surface area contributed by atoms with Crippen molar-refractivity contribution >= 4 is 5.78 Å². The lowest BCUT2D eigenvalue weighted by Crippen LogP contribution is -2.32. The molecule has 1 aromatic rings. The van der Waals surface area contributed by atoms with Gasteiger partial charge in [0.25, 0.3) is 0 Å². The van der Waals surface area contributed by atoms with Crippen molar-refractivity contribution < 1.29 is 4.79 Å². The Hall–Kier alpha value is -1.37. The van der Waals surface area contributed by atoms with Crippen LogP contribution in [0.3, 0.4) is 0 Å². The van der Waals surface area contributed by atoms with Crippen LogP contribution in [0.5, 0.6) is 0 Å². The van der Waals surface area contributed by atoms with Crippen molar-refractivity contribution in [1.29, 1.82) is 0 Å². The fourth-order valence-corrected chi connectivity index (χ4v) is 2.19. The summed E-state index contributed by atoms with van der Waals surface area (Å²) >= 11 is 0. The van der Waals surface area contributed by atoms with E-state index in [-0.39, 0.29) is 11.2 Å². The smallest absolute Gasteiger partial charge is 0.155 e. The van der Waals surface area contributed by atoms with Crippen LogP contribution in [-0.2, 0) is 10.2 Å². The van der Waals surface area contributed by atoms with E-state index in [2.05, 4.69) is 44.2 Å². The van der Waals surface area contributed by atoms with E-state index in [0.717, 1.165) is 0 Å². The zero-order valence-corrected chi connectivity index (χ0v) is 9.23. The second-order valence-electron chi connectivity index (χ2n) is 4.55. The molecular weight excluding hydrogens is 184 g/mol. The minimum Gasteiger partial charge on any atom is -0.295 e. The summed E-state index contributed by atoms with van der Waals surface area (Å²) in [6.07, 6.45) is 4.44. The van der Waals surface area contributed by atoms with Crippen molar-refractivity contribution in [2.75, 3.05) is 0 Å². The number of hydrogen-bond donors (Lipinski definition) is 0. The first-order valence-electron chi connectivity index (χ1n) is 5.40. The number of rotatable bonds is 1. The van der Waals surface area contributed by atoms with Gasteiger partial charge in [-0.15, -0.1) is 0 Å². The monoisotopic (exact) mass is 200 g/mol. The minimum absolute atomic E-state index is 0.00910. The Balaban J connectivity index is 2.42. The molecule has 2 atom stereocenters. The molecule has 0 unspecified atom stereocenters. The summed E-state index contributed by atoms with van der Waals surface area (Å²) in [5.74, 6) is 0.619. The molecule has 0 aromatic heterocycles. The van der Waals surface area contributed by atoms with Gasteiger partial charge in [0.2, 0.25) is 0 Å². The predicted octanol–water partition coefficient (Wildman–Crippen LogP) is 3.11. The lowest BCUT2D eigenvalue weighted by atomic mass is 9.68. The summed E-state index contributed by atoms with van der Waals surface area (Å²) in [4.78, 5) is 11.3. The fraction of sp³-hybridized carbons (Fsp3) is 0.357. The number of carbonyl (C=O) groups excluding carboxylic acids is 1. The summed E-state index contributed by atoms with van der Waals surface area (Å²) in [5.41, 5.74) is 1.30. The van der Waals surface area contributed by atoms with Gasteiger partial charge in [-0.05, 0) is 17.6 Å². The van der Waals surface area contributed by atoms with Crippen LogP contribution in [-0.4, -0.2) is 5.78 Å². The molecule has 0 heterocycles. The predicted molar refractivity (Wildman–Crippen MR) is 61.7 cm³/mol. The first-order chi connectivity index (χ1) is 7.13. The Kier molecular flexibility index (Phi) is 2.47. The van der Waals surface area contributed by atoms with Gasteiger partial charge in [0.1, 0.15) is 0 Å². The Bertz CT molecular complexity index is 391. The van der Waals surface area contributed by atoms with Crippen LogP contribution in [0.1, 0.15) is 25.8 Å². The molecule has 0 spiro atoms. The molecule has 1 aliphatic carbocycles. The molecular formula is C14H16O. The van der Waals surface area contributed by atoms with Crippen LogP contribution >= 0.6 is 0 Å². The van der Waals surface area contributed by atoms with Crippen molar-refractivity contribution in [3.8, 4) is 0 Å². The maximum atomic E-state index is 11.3. The highest BCUT2D eigenvalue weighted by Gasteiger charge is 2.34. The van der Waals surface area contributed by atoms with Crippen LogP contribution in [0.15, 0.2) is 42.5 Å². The van der Waals surface area contributed by atoms with Crippen molar-refractivity contribution in [1.82, 2.24) is 0 Å². The van der Waals surface area contributed by atoms with Crippen LogP contribution in [0.2, 0.25) is 0 Å². The topological polar surface area (TPSA) is 17.1 Å². The van der Waals surface area contributed by atoms with Gasteiger partial charge in [-0.25, -0.2) is 0 Å². The van der Waals surface area contributed by atoms with E-state index in [9.17, 15) is 4.79 Å². The molecule has 78 valence electrons. The minimum atomic E-state index is 0.00910. The van der Waals surface area contributed by atoms with Gasteiger partial charge in [-0.3, -0.25) is 4.79 Å². The standard InChI is InChI=1S/C14H16O/c1-11-10-13(15)8-9-14(11,2)12-6-4-3-5-7-12/h3-9,11H,10H2,1-2H3/t11-,14-/m1/s1. The Morgan fingerprint density at radius 2 is 1.93 bits per heavy atom. The largest absolute Gasteiger partial charge is 0.295 e. The molecule has 0 fully saturated rings. The van der Waals surface area contributed by atoms with Crippen molar-refractivity contribution in [2.45, 2.75) is 25.7 Å². The van der Waals surface area contributed by atoms with E-state index < -0.39 is 0 Å². The van der Waals surface area contributed by atoms with E-state index >= 15 is 0 Å². The van der Waals surface area contributed by atoms with E-state index in [1.54, 1.807) is 6.08 Å². The van der Waals surface area contributed by atoms with E-state index in [1.807, 2.05) is 6.07 Å². The maximum absolute atomic E-state index is 11.3. The zero-order chi connectivity index (χ0) is 10.9. The summed E-state index contributed by atoms with van der Waals surface area (Å²) in [6, 6.07) is 10.4. The second kappa shape index (κ2) is 3.65. The number of ketones is 1. The number of allylic oxidation sites excluding steroid dienone is 2. The van der Waals surface area contributed by atoms with Crippen LogP contribution < -0.4 is 0 Å². The molecule has 0 radical (unpaired) electrons. The molecule has 0 saturated heterocycles. The quantitative estimate of drug-likeness (QED) is 0.680. The van der Waals surface area contributed by atoms with Gasteiger partial charge in [0.15, 0.2) is 5.78 Å². The normalized spacial score (nSPS) is 30.5.